The van der Waals surface area contributed by atoms with Crippen LogP contribution in [0.2, 0.25) is 0 Å². The fourth-order valence-corrected chi connectivity index (χ4v) is 1.58. The highest BCUT2D eigenvalue weighted by atomic mass is 127. The van der Waals surface area contributed by atoms with Crippen molar-refractivity contribution in [3.8, 4) is 0 Å². The van der Waals surface area contributed by atoms with Crippen LogP contribution >= 0.6 is 24.0 Å². The monoisotopic (exact) mass is 401 g/mol. The molecule has 0 saturated heterocycles. The molecule has 0 aliphatic rings. The van der Waals surface area contributed by atoms with Crippen molar-refractivity contribution in [1.82, 2.24) is 10.6 Å². The zero-order valence-corrected chi connectivity index (χ0v) is 15.6. The van der Waals surface area contributed by atoms with Gasteiger partial charge in [0.25, 0.3) is 0 Å². The van der Waals surface area contributed by atoms with E-state index in [0.29, 0.717) is 0 Å². The summed E-state index contributed by atoms with van der Waals surface area (Å²) in [6.07, 6.45) is 4.38. The number of hydrogen-bond donors (Lipinski definition) is 2. The number of nitrogens with zero attached hydrogens (tertiary/aromatic N) is 1. The summed E-state index contributed by atoms with van der Waals surface area (Å²) in [5, 5.41) is 6.60. The third-order valence-corrected chi connectivity index (χ3v) is 2.65. The van der Waals surface area contributed by atoms with Crippen molar-refractivity contribution in [2.75, 3.05) is 46.6 Å². The number of hydrogen-bond acceptors (Lipinski definition) is 3. The van der Waals surface area contributed by atoms with Crippen molar-refractivity contribution < 1.29 is 9.47 Å². The summed E-state index contributed by atoms with van der Waals surface area (Å²) in [4.78, 5) is 4.19. The highest BCUT2D eigenvalue weighted by Gasteiger charge is 1.96. The Hall–Kier alpha value is -0.0800. The minimum Gasteiger partial charge on any atom is -0.382 e. The van der Waals surface area contributed by atoms with Crippen LogP contribution < -0.4 is 10.6 Å². The molecule has 5 nitrogen and oxygen atoms in total. The summed E-state index contributed by atoms with van der Waals surface area (Å²) in [7, 11) is 1.80. The van der Waals surface area contributed by atoms with E-state index in [2.05, 4.69) is 15.6 Å². The SMILES string of the molecule is CCOCCCCNC(=NC)NCCCCOCC.I. The molecule has 0 atom stereocenters. The van der Waals surface area contributed by atoms with Gasteiger partial charge in [0.15, 0.2) is 5.96 Å². The Morgan fingerprint density at radius 1 is 0.850 bits per heavy atom. The molecule has 0 spiro atoms. The molecular formula is C14H32IN3O2. The fourth-order valence-electron chi connectivity index (χ4n) is 1.58. The van der Waals surface area contributed by atoms with Crippen molar-refractivity contribution in [3.05, 3.63) is 0 Å². The smallest absolute Gasteiger partial charge is 0.190 e. The van der Waals surface area contributed by atoms with Crippen LogP contribution in [0.15, 0.2) is 4.99 Å². The molecule has 0 heterocycles. The Morgan fingerprint density at radius 2 is 1.30 bits per heavy atom. The summed E-state index contributed by atoms with van der Waals surface area (Å²) in [5.41, 5.74) is 0. The van der Waals surface area contributed by atoms with Crippen molar-refractivity contribution in [1.29, 1.82) is 0 Å². The van der Waals surface area contributed by atoms with Crippen LogP contribution in [-0.4, -0.2) is 52.5 Å². The first-order chi connectivity index (χ1) is 9.35. The molecular weight excluding hydrogens is 369 g/mol. The Labute approximate surface area is 141 Å². The predicted octanol–water partition coefficient (Wildman–Crippen LogP) is 2.40. The van der Waals surface area contributed by atoms with Crippen molar-refractivity contribution in [2.24, 2.45) is 4.99 Å². The molecule has 0 bridgehead atoms. The van der Waals surface area contributed by atoms with E-state index in [-0.39, 0.29) is 24.0 Å². The van der Waals surface area contributed by atoms with Crippen molar-refractivity contribution in [3.63, 3.8) is 0 Å². The average molecular weight is 401 g/mol. The van der Waals surface area contributed by atoms with E-state index >= 15 is 0 Å². The van der Waals surface area contributed by atoms with E-state index in [0.717, 1.165) is 71.2 Å². The number of rotatable bonds is 12. The molecule has 122 valence electrons. The molecule has 0 aliphatic carbocycles. The van der Waals surface area contributed by atoms with Crippen molar-refractivity contribution >= 4 is 29.9 Å². The molecule has 0 unspecified atom stereocenters. The van der Waals surface area contributed by atoms with Crippen LogP contribution in [0.5, 0.6) is 0 Å². The largest absolute Gasteiger partial charge is 0.382 e. The molecule has 0 radical (unpaired) electrons. The maximum atomic E-state index is 5.29. The summed E-state index contributed by atoms with van der Waals surface area (Å²) in [6, 6.07) is 0. The van der Waals surface area contributed by atoms with E-state index in [1.807, 2.05) is 13.8 Å². The number of unbranched alkanes of at least 4 members (excludes halogenated alkanes) is 2. The normalized spacial score (nSPS) is 9.75. The Kier molecular flexibility index (Phi) is 21.0. The maximum Gasteiger partial charge on any atom is 0.190 e. The summed E-state index contributed by atoms with van der Waals surface area (Å²) in [6.45, 7) is 9.22. The summed E-state index contributed by atoms with van der Waals surface area (Å²) >= 11 is 0. The lowest BCUT2D eigenvalue weighted by Crippen LogP contribution is -2.38. The zero-order valence-electron chi connectivity index (χ0n) is 13.2. The second-order valence-corrected chi connectivity index (χ2v) is 4.23. The van der Waals surface area contributed by atoms with Gasteiger partial charge in [0.1, 0.15) is 0 Å². The molecule has 0 fully saturated rings. The van der Waals surface area contributed by atoms with Gasteiger partial charge in [0.05, 0.1) is 0 Å². The second-order valence-electron chi connectivity index (χ2n) is 4.23. The van der Waals surface area contributed by atoms with Crippen LogP contribution in [-0.2, 0) is 9.47 Å². The average Bonchev–Trinajstić information content (AvgIpc) is 2.44. The first-order valence-electron chi connectivity index (χ1n) is 7.45. The topological polar surface area (TPSA) is 54.9 Å². The number of halogens is 1. The zero-order chi connectivity index (χ0) is 14.2. The van der Waals surface area contributed by atoms with Gasteiger partial charge in [-0.15, -0.1) is 24.0 Å². The molecule has 20 heavy (non-hydrogen) atoms. The molecule has 0 rings (SSSR count). The first kappa shape index (κ1) is 22.2. The van der Waals surface area contributed by atoms with E-state index in [1.54, 1.807) is 7.05 Å². The van der Waals surface area contributed by atoms with Gasteiger partial charge in [-0.05, 0) is 39.5 Å². The van der Waals surface area contributed by atoms with E-state index in [9.17, 15) is 0 Å². The Balaban J connectivity index is 0. The molecule has 0 aromatic heterocycles. The van der Waals surface area contributed by atoms with E-state index in [1.165, 1.54) is 0 Å². The summed E-state index contributed by atoms with van der Waals surface area (Å²) in [5.74, 6) is 0.882. The molecule has 0 aromatic carbocycles. The predicted molar refractivity (Wildman–Crippen MR) is 96.2 cm³/mol. The van der Waals surface area contributed by atoms with Gasteiger partial charge < -0.3 is 20.1 Å². The van der Waals surface area contributed by atoms with Crippen LogP contribution in [0.4, 0.5) is 0 Å². The molecule has 0 saturated carbocycles. The lowest BCUT2D eigenvalue weighted by molar-refractivity contribution is 0.143. The summed E-state index contributed by atoms with van der Waals surface area (Å²) < 4.78 is 10.6. The molecule has 6 heteroatoms. The highest BCUT2D eigenvalue weighted by Crippen LogP contribution is 1.90. The number of nitrogens with one attached hydrogen (secondary N) is 2. The number of guanidine groups is 1. The molecule has 2 N–H and O–H groups in total. The van der Waals surface area contributed by atoms with Gasteiger partial charge >= 0.3 is 0 Å². The molecule has 0 aromatic rings. The first-order valence-corrected chi connectivity index (χ1v) is 7.45. The minimum atomic E-state index is 0. The third kappa shape index (κ3) is 16.0. The maximum absolute atomic E-state index is 5.29. The number of aliphatic imine (C=N–C) groups is 1. The van der Waals surface area contributed by atoms with Crippen LogP contribution in [0.1, 0.15) is 39.5 Å². The number of ether oxygens (including phenoxy) is 2. The Morgan fingerprint density at radius 3 is 1.65 bits per heavy atom. The lowest BCUT2D eigenvalue weighted by atomic mass is 10.3. The van der Waals surface area contributed by atoms with E-state index in [4.69, 9.17) is 9.47 Å². The van der Waals surface area contributed by atoms with Crippen LogP contribution in [0.25, 0.3) is 0 Å². The van der Waals surface area contributed by atoms with Gasteiger partial charge in [-0.1, -0.05) is 0 Å². The van der Waals surface area contributed by atoms with Crippen LogP contribution in [0, 0.1) is 0 Å². The quantitative estimate of drug-likeness (QED) is 0.228. The van der Waals surface area contributed by atoms with Crippen LogP contribution in [0.3, 0.4) is 0 Å². The highest BCUT2D eigenvalue weighted by molar-refractivity contribution is 14.0. The van der Waals surface area contributed by atoms with Gasteiger partial charge in [-0.3, -0.25) is 4.99 Å². The van der Waals surface area contributed by atoms with Crippen molar-refractivity contribution in [2.45, 2.75) is 39.5 Å². The standard InChI is InChI=1S/C14H31N3O2.HI/c1-4-18-12-8-6-10-16-14(15-3)17-11-7-9-13-19-5-2;/h4-13H2,1-3H3,(H2,15,16,17);1H. The Bertz CT molecular complexity index is 199. The van der Waals surface area contributed by atoms with Gasteiger partial charge in [0.2, 0.25) is 0 Å². The fraction of sp³-hybridized carbons (Fsp3) is 0.929. The minimum absolute atomic E-state index is 0. The van der Waals surface area contributed by atoms with Gasteiger partial charge in [-0.25, -0.2) is 0 Å². The molecule has 0 aliphatic heterocycles. The van der Waals surface area contributed by atoms with Gasteiger partial charge in [-0.2, -0.15) is 0 Å². The van der Waals surface area contributed by atoms with E-state index < -0.39 is 0 Å². The van der Waals surface area contributed by atoms with Gasteiger partial charge in [0, 0.05) is 46.6 Å². The lowest BCUT2D eigenvalue weighted by Gasteiger charge is -2.11. The molecule has 0 amide bonds. The third-order valence-electron chi connectivity index (χ3n) is 2.65. The second kappa shape index (κ2) is 18.9.